The summed E-state index contributed by atoms with van der Waals surface area (Å²) in [5, 5.41) is 0. The molecule has 0 aliphatic carbocycles. The molecule has 4 heteroatoms. The smallest absolute Gasteiger partial charge is 0.323 e. The number of nitrogens with two attached hydrogens (primary N) is 1. The third kappa shape index (κ3) is 5.30. The lowest BCUT2D eigenvalue weighted by molar-refractivity contribution is -0.156. The van der Waals surface area contributed by atoms with Gasteiger partial charge in [0.25, 0.3) is 0 Å². The van der Waals surface area contributed by atoms with E-state index in [-0.39, 0.29) is 5.97 Å². The van der Waals surface area contributed by atoms with Gasteiger partial charge in [-0.15, -0.1) is 0 Å². The van der Waals surface area contributed by atoms with Crippen molar-refractivity contribution in [3.8, 4) is 0 Å². The van der Waals surface area contributed by atoms with Crippen LogP contribution in [0.5, 0.6) is 0 Å². The first-order chi connectivity index (χ1) is 8.69. The topological polar surface area (TPSA) is 55.6 Å². The van der Waals surface area contributed by atoms with Crippen molar-refractivity contribution in [2.24, 2.45) is 5.73 Å². The summed E-state index contributed by atoms with van der Waals surface area (Å²) in [4.78, 5) is 13.8. The van der Waals surface area contributed by atoms with Crippen LogP contribution in [0.15, 0.2) is 24.3 Å². The fourth-order valence-corrected chi connectivity index (χ4v) is 1.64. The van der Waals surface area contributed by atoms with Crippen LogP contribution in [0.1, 0.15) is 26.3 Å². The predicted molar refractivity (Wildman–Crippen MR) is 78.3 cm³/mol. The van der Waals surface area contributed by atoms with Crippen molar-refractivity contribution in [1.29, 1.82) is 0 Å². The van der Waals surface area contributed by atoms with E-state index in [9.17, 15) is 4.79 Å². The summed E-state index contributed by atoms with van der Waals surface area (Å²) in [5.74, 6) is -0.357. The van der Waals surface area contributed by atoms with Crippen LogP contribution in [0.2, 0.25) is 0 Å². The second kappa shape index (κ2) is 6.06. The summed E-state index contributed by atoms with van der Waals surface area (Å²) in [5.41, 5.74) is 7.52. The third-order valence-corrected chi connectivity index (χ3v) is 2.62. The van der Waals surface area contributed by atoms with Crippen LogP contribution >= 0.6 is 0 Å². The van der Waals surface area contributed by atoms with E-state index in [0.29, 0.717) is 6.42 Å². The van der Waals surface area contributed by atoms with Crippen LogP contribution in [0.3, 0.4) is 0 Å². The zero-order chi connectivity index (χ0) is 14.6. The van der Waals surface area contributed by atoms with Crippen molar-refractivity contribution in [3.63, 3.8) is 0 Å². The Morgan fingerprint density at radius 2 is 1.79 bits per heavy atom. The monoisotopic (exact) mass is 264 g/mol. The Balaban J connectivity index is 2.61. The van der Waals surface area contributed by atoms with E-state index in [2.05, 4.69) is 0 Å². The molecule has 4 nitrogen and oxygen atoms in total. The van der Waals surface area contributed by atoms with E-state index in [1.54, 1.807) is 0 Å². The number of hydrogen-bond acceptors (Lipinski definition) is 4. The van der Waals surface area contributed by atoms with Crippen molar-refractivity contribution >= 4 is 11.7 Å². The molecular formula is C15H24N2O2. The molecule has 1 aromatic rings. The van der Waals surface area contributed by atoms with Crippen LogP contribution in [0.25, 0.3) is 0 Å². The zero-order valence-electron chi connectivity index (χ0n) is 12.4. The number of rotatable bonds is 4. The standard InChI is InChI=1S/C15H24N2O2/c1-15(2,3)19-14(18)13(16)10-11-6-8-12(9-7-11)17(4)5/h6-9,13H,10,16H2,1-5H3/t13-/m0/s1. The van der Waals surface area contributed by atoms with Crippen molar-refractivity contribution in [3.05, 3.63) is 29.8 Å². The van der Waals surface area contributed by atoms with Gasteiger partial charge in [-0.3, -0.25) is 4.79 Å². The van der Waals surface area contributed by atoms with Gasteiger partial charge in [0.2, 0.25) is 0 Å². The number of ether oxygens (including phenoxy) is 1. The molecule has 0 unspecified atom stereocenters. The van der Waals surface area contributed by atoms with Gasteiger partial charge in [0.15, 0.2) is 0 Å². The molecule has 0 aromatic heterocycles. The van der Waals surface area contributed by atoms with Crippen molar-refractivity contribution in [2.75, 3.05) is 19.0 Å². The number of esters is 1. The molecule has 2 N–H and O–H groups in total. The van der Waals surface area contributed by atoms with Gasteiger partial charge < -0.3 is 15.4 Å². The maximum atomic E-state index is 11.8. The second-order valence-corrected chi connectivity index (χ2v) is 5.90. The summed E-state index contributed by atoms with van der Waals surface area (Å²) in [6.45, 7) is 5.51. The summed E-state index contributed by atoms with van der Waals surface area (Å²) < 4.78 is 5.26. The van der Waals surface area contributed by atoms with Gasteiger partial charge in [0.05, 0.1) is 0 Å². The van der Waals surface area contributed by atoms with Crippen molar-refractivity contribution < 1.29 is 9.53 Å². The average molecular weight is 264 g/mol. The minimum Gasteiger partial charge on any atom is -0.459 e. The molecule has 0 spiro atoms. The molecule has 0 bridgehead atoms. The van der Waals surface area contributed by atoms with Crippen LogP contribution in [-0.2, 0) is 16.0 Å². The number of carbonyl (C=O) groups excluding carboxylic acids is 1. The normalized spacial score (nSPS) is 12.9. The zero-order valence-corrected chi connectivity index (χ0v) is 12.4. The fraction of sp³-hybridized carbons (Fsp3) is 0.533. The van der Waals surface area contributed by atoms with Gasteiger partial charge in [-0.05, 0) is 44.9 Å². The molecule has 0 amide bonds. The first-order valence-electron chi connectivity index (χ1n) is 6.44. The molecule has 106 valence electrons. The third-order valence-electron chi connectivity index (χ3n) is 2.62. The molecule has 0 fully saturated rings. The highest BCUT2D eigenvalue weighted by atomic mass is 16.6. The first-order valence-corrected chi connectivity index (χ1v) is 6.44. The molecule has 0 saturated carbocycles. The minimum absolute atomic E-state index is 0.357. The Kier molecular flexibility index (Phi) is 4.95. The lowest BCUT2D eigenvalue weighted by Gasteiger charge is -2.22. The Hall–Kier alpha value is -1.55. The average Bonchev–Trinajstić information content (AvgIpc) is 2.27. The quantitative estimate of drug-likeness (QED) is 0.845. The number of nitrogens with zero attached hydrogens (tertiary/aromatic N) is 1. The largest absolute Gasteiger partial charge is 0.459 e. The van der Waals surface area contributed by atoms with Crippen LogP contribution in [-0.4, -0.2) is 31.7 Å². The molecule has 1 rings (SSSR count). The summed E-state index contributed by atoms with van der Waals surface area (Å²) in [6, 6.07) is 7.37. The highest BCUT2D eigenvalue weighted by Crippen LogP contribution is 2.14. The molecule has 1 atom stereocenters. The molecule has 0 aliphatic rings. The highest BCUT2D eigenvalue weighted by molar-refractivity contribution is 5.76. The summed E-state index contributed by atoms with van der Waals surface area (Å²) in [6.07, 6.45) is 0.489. The Morgan fingerprint density at radius 3 is 2.21 bits per heavy atom. The van der Waals surface area contributed by atoms with E-state index in [1.807, 2.05) is 64.0 Å². The predicted octanol–water partition coefficient (Wildman–Crippen LogP) is 1.96. The number of anilines is 1. The molecule has 0 radical (unpaired) electrons. The van der Waals surface area contributed by atoms with Gasteiger partial charge in [-0.25, -0.2) is 0 Å². The number of carbonyl (C=O) groups is 1. The van der Waals surface area contributed by atoms with E-state index >= 15 is 0 Å². The lowest BCUT2D eigenvalue weighted by Crippen LogP contribution is -2.38. The van der Waals surface area contributed by atoms with Gasteiger partial charge in [-0.2, -0.15) is 0 Å². The molecule has 0 heterocycles. The SMILES string of the molecule is CN(C)c1ccc(C[C@H](N)C(=O)OC(C)(C)C)cc1. The Labute approximate surface area is 115 Å². The van der Waals surface area contributed by atoms with Gasteiger partial charge >= 0.3 is 5.97 Å². The first kappa shape index (κ1) is 15.5. The van der Waals surface area contributed by atoms with E-state index < -0.39 is 11.6 Å². The van der Waals surface area contributed by atoms with E-state index in [1.165, 1.54) is 0 Å². The highest BCUT2D eigenvalue weighted by Gasteiger charge is 2.22. The summed E-state index contributed by atoms with van der Waals surface area (Å²) >= 11 is 0. The second-order valence-electron chi connectivity index (χ2n) is 5.90. The summed E-state index contributed by atoms with van der Waals surface area (Å²) in [7, 11) is 3.98. The van der Waals surface area contributed by atoms with Gasteiger partial charge in [0, 0.05) is 19.8 Å². The molecular weight excluding hydrogens is 240 g/mol. The Morgan fingerprint density at radius 1 is 1.26 bits per heavy atom. The van der Waals surface area contributed by atoms with Crippen LogP contribution in [0.4, 0.5) is 5.69 Å². The molecule has 19 heavy (non-hydrogen) atoms. The van der Waals surface area contributed by atoms with Crippen LogP contribution in [0, 0.1) is 0 Å². The number of benzene rings is 1. The van der Waals surface area contributed by atoms with E-state index in [4.69, 9.17) is 10.5 Å². The molecule has 0 aliphatic heterocycles. The maximum absolute atomic E-state index is 11.8. The Bertz CT molecular complexity index is 419. The molecule has 1 aromatic carbocycles. The minimum atomic E-state index is -0.621. The van der Waals surface area contributed by atoms with Crippen molar-refractivity contribution in [2.45, 2.75) is 38.8 Å². The fourth-order valence-electron chi connectivity index (χ4n) is 1.64. The van der Waals surface area contributed by atoms with E-state index in [0.717, 1.165) is 11.3 Å². The maximum Gasteiger partial charge on any atom is 0.323 e. The van der Waals surface area contributed by atoms with Crippen LogP contribution < -0.4 is 10.6 Å². The van der Waals surface area contributed by atoms with Crippen molar-refractivity contribution in [1.82, 2.24) is 0 Å². The lowest BCUT2D eigenvalue weighted by atomic mass is 10.1. The molecule has 0 saturated heterocycles. The number of hydrogen-bond donors (Lipinski definition) is 1. The van der Waals surface area contributed by atoms with Gasteiger partial charge in [0.1, 0.15) is 11.6 Å². The van der Waals surface area contributed by atoms with Gasteiger partial charge in [-0.1, -0.05) is 12.1 Å².